The highest BCUT2D eigenvalue weighted by Crippen LogP contribution is 2.30. The van der Waals surface area contributed by atoms with Crippen LogP contribution in [0.15, 0.2) is 24.5 Å². The lowest BCUT2D eigenvalue weighted by atomic mass is 10.1. The number of nitrogens with two attached hydrogens (primary N) is 2. The number of primary amides is 1. The van der Waals surface area contributed by atoms with Gasteiger partial charge in [-0.3, -0.25) is 9.78 Å². The number of carbonyl (C=O) groups excluding carboxylic acids is 1. The van der Waals surface area contributed by atoms with Crippen LogP contribution < -0.4 is 21.5 Å². The van der Waals surface area contributed by atoms with Gasteiger partial charge >= 0.3 is 0 Å². The van der Waals surface area contributed by atoms with Crippen molar-refractivity contribution < 1.29 is 9.53 Å². The molecule has 25 heavy (non-hydrogen) atoms. The van der Waals surface area contributed by atoms with Crippen molar-refractivity contribution in [3.8, 4) is 17.0 Å². The number of carbonyl (C=O) groups is 1. The van der Waals surface area contributed by atoms with E-state index in [-0.39, 0.29) is 10.3 Å². The molecule has 0 radical (unpaired) electrons. The summed E-state index contributed by atoms with van der Waals surface area (Å²) >= 11 is 5.39. The maximum absolute atomic E-state index is 11.2. The summed E-state index contributed by atoms with van der Waals surface area (Å²) in [4.78, 5) is 22.9. The molecule has 0 aromatic carbocycles. The molecule has 2 aromatic rings. The van der Waals surface area contributed by atoms with Crippen LogP contribution in [0.4, 0.5) is 5.95 Å². The minimum absolute atomic E-state index is 0.136. The predicted molar refractivity (Wildman–Crippen MR) is 97.2 cm³/mol. The Labute approximate surface area is 149 Å². The number of H-pyrrole nitrogens is 1. The van der Waals surface area contributed by atoms with Crippen LogP contribution in [0.5, 0.6) is 5.75 Å². The van der Waals surface area contributed by atoms with E-state index in [4.69, 9.17) is 28.4 Å². The van der Waals surface area contributed by atoms with Gasteiger partial charge in [0.1, 0.15) is 10.4 Å². The number of methoxy groups -OCH3 is 1. The van der Waals surface area contributed by atoms with Crippen molar-refractivity contribution in [3.63, 3.8) is 0 Å². The van der Waals surface area contributed by atoms with Crippen molar-refractivity contribution in [1.82, 2.24) is 15.0 Å². The number of hydrogen-bond acceptors (Lipinski definition) is 7. The molecule has 1 fully saturated rings. The van der Waals surface area contributed by atoms with Crippen molar-refractivity contribution in [2.24, 2.45) is 11.5 Å². The lowest BCUT2D eigenvalue weighted by molar-refractivity contribution is -0.113. The first kappa shape index (κ1) is 16.9. The molecule has 1 amide bonds. The largest absolute Gasteiger partial charge is 0.495 e. The molecule has 1 aliphatic carbocycles. The number of nitrogens with one attached hydrogen (secondary N) is 2. The topological polar surface area (TPSA) is 132 Å². The smallest absolute Gasteiger partial charge is 0.243 e. The molecule has 0 saturated heterocycles. The van der Waals surface area contributed by atoms with Crippen LogP contribution in [-0.4, -0.2) is 34.0 Å². The summed E-state index contributed by atoms with van der Waals surface area (Å²) in [6.07, 6.45) is 6.52. The summed E-state index contributed by atoms with van der Waals surface area (Å²) in [7, 11) is 1.55. The van der Waals surface area contributed by atoms with E-state index in [0.717, 1.165) is 18.9 Å². The van der Waals surface area contributed by atoms with E-state index < -0.39 is 5.91 Å². The van der Waals surface area contributed by atoms with Crippen LogP contribution in [0, 0.1) is 4.64 Å². The molecule has 1 saturated carbocycles. The first-order valence-corrected chi connectivity index (χ1v) is 8.06. The molecule has 9 heteroatoms. The van der Waals surface area contributed by atoms with Crippen molar-refractivity contribution in [2.75, 3.05) is 12.4 Å². The Bertz CT molecular complexity index is 904. The highest BCUT2D eigenvalue weighted by molar-refractivity contribution is 7.71. The van der Waals surface area contributed by atoms with E-state index in [1.54, 1.807) is 25.6 Å². The number of rotatable bonds is 6. The molecule has 0 spiro atoms. The van der Waals surface area contributed by atoms with Crippen LogP contribution in [0.3, 0.4) is 0 Å². The van der Waals surface area contributed by atoms with E-state index in [1.165, 1.54) is 0 Å². The van der Waals surface area contributed by atoms with Gasteiger partial charge in [-0.15, -0.1) is 0 Å². The normalized spacial score (nSPS) is 14.2. The average molecular weight is 358 g/mol. The van der Waals surface area contributed by atoms with Gasteiger partial charge in [0.05, 0.1) is 24.6 Å². The number of amides is 1. The Morgan fingerprint density at radius 3 is 2.84 bits per heavy atom. The number of anilines is 1. The number of aromatic nitrogens is 3. The molecule has 0 unspecified atom stereocenters. The molecule has 130 valence electrons. The van der Waals surface area contributed by atoms with Crippen molar-refractivity contribution in [1.29, 1.82) is 0 Å². The van der Waals surface area contributed by atoms with Gasteiger partial charge < -0.3 is 26.5 Å². The Kier molecular flexibility index (Phi) is 4.66. The maximum atomic E-state index is 11.2. The first-order valence-electron chi connectivity index (χ1n) is 7.65. The Hall–Kier alpha value is -2.94. The Balaban J connectivity index is 2.18. The third-order valence-electron chi connectivity index (χ3n) is 3.66. The van der Waals surface area contributed by atoms with Gasteiger partial charge in [0, 0.05) is 29.6 Å². The minimum Gasteiger partial charge on any atom is -0.495 e. The second-order valence-electron chi connectivity index (χ2n) is 5.67. The van der Waals surface area contributed by atoms with Crippen molar-refractivity contribution in [2.45, 2.75) is 18.9 Å². The van der Waals surface area contributed by atoms with Crippen LogP contribution in [0.1, 0.15) is 18.4 Å². The summed E-state index contributed by atoms with van der Waals surface area (Å²) in [5, 5.41) is 3.27. The van der Waals surface area contributed by atoms with E-state index in [1.807, 2.05) is 0 Å². The average Bonchev–Trinajstić information content (AvgIpc) is 3.37. The molecular weight excluding hydrogens is 340 g/mol. The molecule has 2 heterocycles. The summed E-state index contributed by atoms with van der Waals surface area (Å²) in [5.41, 5.74) is 13.1. The Morgan fingerprint density at radius 1 is 1.44 bits per heavy atom. The molecule has 6 N–H and O–H groups in total. The second-order valence-corrected chi connectivity index (χ2v) is 6.06. The quantitative estimate of drug-likeness (QED) is 0.455. The predicted octanol–water partition coefficient (Wildman–Crippen LogP) is 1.57. The van der Waals surface area contributed by atoms with Gasteiger partial charge in [-0.1, -0.05) is 12.2 Å². The highest BCUT2D eigenvalue weighted by Gasteiger charge is 2.23. The van der Waals surface area contributed by atoms with E-state index in [2.05, 4.69) is 20.3 Å². The monoisotopic (exact) mass is 358 g/mol. The third kappa shape index (κ3) is 3.94. The summed E-state index contributed by atoms with van der Waals surface area (Å²) < 4.78 is 5.48. The fourth-order valence-corrected chi connectivity index (χ4v) is 2.65. The standard InChI is InChI=1S/C16H18N6O2S/c1-24-10-4-8(6-19-7-10)14-13(11(17)5-12(18)23)15(25)22-16(21-14)20-9-2-3-9/h4-7,9H,2-3,17H2,1H3,(H2,18,23)(H2,20,21,22,25)/b11-5-. The van der Waals surface area contributed by atoms with Gasteiger partial charge in [0.15, 0.2) is 0 Å². The zero-order valence-corrected chi connectivity index (χ0v) is 14.4. The molecule has 0 aliphatic heterocycles. The highest BCUT2D eigenvalue weighted by atomic mass is 32.1. The van der Waals surface area contributed by atoms with Crippen LogP contribution in [0.25, 0.3) is 17.0 Å². The molecule has 2 aromatic heterocycles. The fraction of sp³-hybridized carbons (Fsp3) is 0.250. The molecule has 0 atom stereocenters. The second kappa shape index (κ2) is 6.89. The van der Waals surface area contributed by atoms with Gasteiger partial charge in [-0.25, -0.2) is 4.98 Å². The molecular formula is C16H18N6O2S. The number of aromatic amines is 1. The number of pyridine rings is 1. The van der Waals surface area contributed by atoms with Gasteiger partial charge in [0.25, 0.3) is 0 Å². The van der Waals surface area contributed by atoms with E-state index >= 15 is 0 Å². The lowest BCUT2D eigenvalue weighted by Crippen LogP contribution is -2.13. The van der Waals surface area contributed by atoms with E-state index in [0.29, 0.717) is 34.6 Å². The number of ether oxygens (including phenoxy) is 1. The molecule has 3 rings (SSSR count). The first-order chi connectivity index (χ1) is 12.0. The van der Waals surface area contributed by atoms with Crippen LogP contribution in [0.2, 0.25) is 0 Å². The zero-order chi connectivity index (χ0) is 18.0. The van der Waals surface area contributed by atoms with Crippen molar-refractivity contribution in [3.05, 3.63) is 34.7 Å². The summed E-state index contributed by atoms with van der Waals surface area (Å²) in [6.45, 7) is 0. The van der Waals surface area contributed by atoms with Gasteiger partial charge in [-0.2, -0.15) is 0 Å². The van der Waals surface area contributed by atoms with Crippen LogP contribution in [-0.2, 0) is 4.79 Å². The zero-order valence-electron chi connectivity index (χ0n) is 13.6. The number of hydrogen-bond donors (Lipinski definition) is 4. The van der Waals surface area contributed by atoms with Gasteiger partial charge in [0.2, 0.25) is 11.9 Å². The lowest BCUT2D eigenvalue weighted by Gasteiger charge is -2.14. The minimum atomic E-state index is -0.665. The Morgan fingerprint density at radius 2 is 2.20 bits per heavy atom. The van der Waals surface area contributed by atoms with Crippen LogP contribution >= 0.6 is 12.2 Å². The molecule has 8 nitrogen and oxygen atoms in total. The summed E-state index contributed by atoms with van der Waals surface area (Å²) in [6, 6.07) is 2.18. The molecule has 0 bridgehead atoms. The van der Waals surface area contributed by atoms with Crippen molar-refractivity contribution >= 4 is 29.8 Å². The number of nitrogens with zero attached hydrogens (tertiary/aromatic N) is 2. The maximum Gasteiger partial charge on any atom is 0.243 e. The molecule has 1 aliphatic rings. The summed E-state index contributed by atoms with van der Waals surface area (Å²) in [5.74, 6) is 0.455. The van der Waals surface area contributed by atoms with E-state index in [9.17, 15) is 4.79 Å². The van der Waals surface area contributed by atoms with Gasteiger partial charge in [-0.05, 0) is 18.9 Å². The SMILES string of the molecule is COc1cncc(-c2[nH]c(NC3CC3)nc(=S)c2/C(N)=C/C(N)=O)c1. The third-order valence-corrected chi connectivity index (χ3v) is 3.96. The fourth-order valence-electron chi connectivity index (χ4n) is 2.34.